The molecular weight excluding hydrogens is 144 g/mol. The van der Waals surface area contributed by atoms with Crippen molar-refractivity contribution in [2.45, 2.75) is 51.9 Å². The van der Waals surface area contributed by atoms with Gasteiger partial charge in [0, 0.05) is 0 Å². The smallest absolute Gasteiger partial charge is 0.0355 e. The highest BCUT2D eigenvalue weighted by Crippen LogP contribution is 2.44. The minimum Gasteiger partial charge on any atom is -0.0620 e. The zero-order chi connectivity index (χ0) is 8.39. The summed E-state index contributed by atoms with van der Waals surface area (Å²) in [6.07, 6.45) is 13.1. The summed E-state index contributed by atoms with van der Waals surface area (Å²) >= 11 is 0. The standard InChI is InChI=1S/C12H21/c1-2-10-7-5-8-11-6-3-4-9-12(10)11/h2,10-12H,3-9H2,1H3. The SMILES string of the molecule is C[CH]C1CCCC2CCCCC12. The Morgan fingerprint density at radius 1 is 0.917 bits per heavy atom. The fourth-order valence-corrected chi connectivity index (χ4v) is 3.40. The van der Waals surface area contributed by atoms with E-state index in [1.54, 1.807) is 0 Å². The van der Waals surface area contributed by atoms with Crippen molar-refractivity contribution in [1.82, 2.24) is 0 Å². The van der Waals surface area contributed by atoms with Gasteiger partial charge in [0.05, 0.1) is 0 Å². The van der Waals surface area contributed by atoms with Gasteiger partial charge in [0.25, 0.3) is 0 Å². The van der Waals surface area contributed by atoms with Crippen LogP contribution in [0.2, 0.25) is 0 Å². The van der Waals surface area contributed by atoms with Gasteiger partial charge in [0.2, 0.25) is 0 Å². The number of hydrogen-bond acceptors (Lipinski definition) is 0. The van der Waals surface area contributed by atoms with Crippen molar-refractivity contribution in [3.05, 3.63) is 6.42 Å². The molecule has 0 spiro atoms. The first-order chi connectivity index (χ1) is 5.92. The lowest BCUT2D eigenvalue weighted by Crippen LogP contribution is -2.30. The van der Waals surface area contributed by atoms with Crippen molar-refractivity contribution < 1.29 is 0 Å². The van der Waals surface area contributed by atoms with Crippen LogP contribution in [0.1, 0.15) is 51.9 Å². The van der Waals surface area contributed by atoms with Gasteiger partial charge in [-0.2, -0.15) is 0 Å². The van der Waals surface area contributed by atoms with E-state index in [-0.39, 0.29) is 0 Å². The average Bonchev–Trinajstić information content (AvgIpc) is 2.17. The van der Waals surface area contributed by atoms with Crippen molar-refractivity contribution in [2.75, 3.05) is 0 Å². The van der Waals surface area contributed by atoms with Crippen LogP contribution in [0.15, 0.2) is 0 Å². The Morgan fingerprint density at radius 3 is 2.50 bits per heavy atom. The van der Waals surface area contributed by atoms with E-state index in [4.69, 9.17) is 0 Å². The molecule has 12 heavy (non-hydrogen) atoms. The topological polar surface area (TPSA) is 0 Å². The van der Waals surface area contributed by atoms with Crippen molar-refractivity contribution in [2.24, 2.45) is 17.8 Å². The summed E-state index contributed by atoms with van der Waals surface area (Å²) in [5.74, 6) is 3.16. The molecule has 0 saturated heterocycles. The lowest BCUT2D eigenvalue weighted by Gasteiger charge is -2.41. The fourth-order valence-electron chi connectivity index (χ4n) is 3.40. The third kappa shape index (κ3) is 1.53. The van der Waals surface area contributed by atoms with Gasteiger partial charge in [-0.05, 0) is 37.0 Å². The Balaban J connectivity index is 1.99. The molecule has 69 valence electrons. The third-order valence-corrected chi connectivity index (χ3v) is 4.06. The highest BCUT2D eigenvalue weighted by atomic mass is 14.4. The molecule has 0 N–H and O–H groups in total. The van der Waals surface area contributed by atoms with Crippen LogP contribution in [0.5, 0.6) is 0 Å². The molecule has 0 nitrogen and oxygen atoms in total. The monoisotopic (exact) mass is 165 g/mol. The Morgan fingerprint density at radius 2 is 1.67 bits per heavy atom. The molecule has 3 unspecified atom stereocenters. The molecule has 2 fully saturated rings. The van der Waals surface area contributed by atoms with Gasteiger partial charge < -0.3 is 0 Å². The van der Waals surface area contributed by atoms with Gasteiger partial charge >= 0.3 is 0 Å². The summed E-state index contributed by atoms with van der Waals surface area (Å²) in [7, 11) is 0. The van der Waals surface area contributed by atoms with Crippen LogP contribution in [0.25, 0.3) is 0 Å². The molecule has 0 aromatic carbocycles. The van der Waals surface area contributed by atoms with Gasteiger partial charge in [-0.15, -0.1) is 0 Å². The van der Waals surface area contributed by atoms with Gasteiger partial charge in [-0.3, -0.25) is 0 Å². The molecule has 3 atom stereocenters. The maximum Gasteiger partial charge on any atom is -0.0355 e. The maximum absolute atomic E-state index is 2.47. The van der Waals surface area contributed by atoms with Crippen LogP contribution in [-0.2, 0) is 0 Å². The normalized spacial score (nSPS) is 42.2. The van der Waals surface area contributed by atoms with Crippen LogP contribution in [0.3, 0.4) is 0 Å². The van der Waals surface area contributed by atoms with Crippen LogP contribution in [0.4, 0.5) is 0 Å². The first kappa shape index (κ1) is 8.59. The summed E-state index contributed by atoms with van der Waals surface area (Å²) in [6.45, 7) is 2.27. The zero-order valence-electron chi connectivity index (χ0n) is 8.26. The van der Waals surface area contributed by atoms with E-state index in [9.17, 15) is 0 Å². The Bertz CT molecular complexity index is 130. The summed E-state index contributed by atoms with van der Waals surface area (Å²) in [5, 5.41) is 0. The van der Waals surface area contributed by atoms with Crippen LogP contribution in [0, 0.1) is 24.2 Å². The zero-order valence-corrected chi connectivity index (χ0v) is 8.26. The van der Waals surface area contributed by atoms with Crippen LogP contribution < -0.4 is 0 Å². The highest BCUT2D eigenvalue weighted by molar-refractivity contribution is 4.89. The second-order valence-corrected chi connectivity index (χ2v) is 4.64. The van der Waals surface area contributed by atoms with Gasteiger partial charge in [0.1, 0.15) is 0 Å². The number of hydrogen-bond donors (Lipinski definition) is 0. The first-order valence-corrected chi connectivity index (χ1v) is 5.71. The summed E-state index contributed by atoms with van der Waals surface area (Å²) in [6, 6.07) is 0. The van der Waals surface area contributed by atoms with E-state index >= 15 is 0 Å². The second-order valence-electron chi connectivity index (χ2n) is 4.64. The van der Waals surface area contributed by atoms with Crippen molar-refractivity contribution >= 4 is 0 Å². The first-order valence-electron chi connectivity index (χ1n) is 5.71. The van der Waals surface area contributed by atoms with Crippen molar-refractivity contribution in [3.8, 4) is 0 Å². The summed E-state index contributed by atoms with van der Waals surface area (Å²) in [4.78, 5) is 0. The molecule has 2 aliphatic carbocycles. The molecule has 0 heterocycles. The molecule has 2 aliphatic rings. The summed E-state index contributed by atoms with van der Waals surface area (Å²) < 4.78 is 0. The van der Waals surface area contributed by atoms with E-state index in [1.165, 1.54) is 44.9 Å². The summed E-state index contributed by atoms with van der Waals surface area (Å²) in [5.41, 5.74) is 0. The third-order valence-electron chi connectivity index (χ3n) is 4.06. The van der Waals surface area contributed by atoms with Gasteiger partial charge in [-0.1, -0.05) is 39.0 Å². The molecule has 1 radical (unpaired) electrons. The minimum absolute atomic E-state index is 0.976. The molecule has 0 amide bonds. The van der Waals surface area contributed by atoms with Crippen molar-refractivity contribution in [3.63, 3.8) is 0 Å². The van der Waals surface area contributed by atoms with Crippen molar-refractivity contribution in [1.29, 1.82) is 0 Å². The van der Waals surface area contributed by atoms with Crippen LogP contribution >= 0.6 is 0 Å². The predicted molar refractivity (Wildman–Crippen MR) is 52.8 cm³/mol. The molecule has 0 aromatic rings. The van der Waals surface area contributed by atoms with Gasteiger partial charge in [-0.25, -0.2) is 0 Å². The molecule has 0 heteroatoms. The predicted octanol–water partition coefficient (Wildman–Crippen LogP) is 3.82. The Labute approximate surface area is 76.7 Å². The molecule has 2 rings (SSSR count). The molecular formula is C12H21. The van der Waals surface area contributed by atoms with E-state index in [2.05, 4.69) is 13.3 Å². The Kier molecular flexibility index (Phi) is 2.73. The largest absolute Gasteiger partial charge is 0.0620 e. The van der Waals surface area contributed by atoms with E-state index in [0.717, 1.165) is 17.8 Å². The molecule has 0 aliphatic heterocycles. The fraction of sp³-hybridized carbons (Fsp3) is 0.917. The van der Waals surface area contributed by atoms with Crippen LogP contribution in [-0.4, -0.2) is 0 Å². The quantitative estimate of drug-likeness (QED) is 0.554. The molecule has 0 bridgehead atoms. The van der Waals surface area contributed by atoms with E-state index < -0.39 is 0 Å². The molecule has 0 aromatic heterocycles. The minimum atomic E-state index is 0.976. The second kappa shape index (κ2) is 3.81. The number of rotatable bonds is 1. The van der Waals surface area contributed by atoms with E-state index in [0.29, 0.717) is 0 Å². The lowest BCUT2D eigenvalue weighted by molar-refractivity contribution is 0.122. The van der Waals surface area contributed by atoms with E-state index in [1.807, 2.05) is 0 Å². The Hall–Kier alpha value is 0. The highest BCUT2D eigenvalue weighted by Gasteiger charge is 2.33. The number of fused-ring (bicyclic) bond motifs is 1. The lowest BCUT2D eigenvalue weighted by atomic mass is 9.65. The average molecular weight is 165 g/mol. The van der Waals surface area contributed by atoms with Gasteiger partial charge in [0.15, 0.2) is 0 Å². The maximum atomic E-state index is 2.47. The molecule has 2 saturated carbocycles.